The van der Waals surface area contributed by atoms with Crippen molar-refractivity contribution in [3.8, 4) is 0 Å². The number of halogens is 1. The third-order valence-corrected chi connectivity index (χ3v) is 3.91. The van der Waals surface area contributed by atoms with E-state index in [9.17, 15) is 4.39 Å². The maximum atomic E-state index is 13.2. The minimum absolute atomic E-state index is 0.138. The van der Waals surface area contributed by atoms with Crippen LogP contribution in [0.25, 0.3) is 0 Å². The summed E-state index contributed by atoms with van der Waals surface area (Å²) in [5.41, 5.74) is 7.28. The highest BCUT2D eigenvalue weighted by Gasteiger charge is 2.18. The molecule has 2 rings (SSSR count). The molecule has 4 heteroatoms. The molecular formula is C15H24FN3. The van der Waals surface area contributed by atoms with Gasteiger partial charge in [-0.25, -0.2) is 4.39 Å². The fourth-order valence-electron chi connectivity index (χ4n) is 2.61. The Balaban J connectivity index is 1.75. The number of nitrogens with two attached hydrogens (primary N) is 1. The van der Waals surface area contributed by atoms with Gasteiger partial charge in [-0.15, -0.1) is 0 Å². The van der Waals surface area contributed by atoms with Crippen LogP contribution in [0.3, 0.4) is 0 Å². The zero-order valence-corrected chi connectivity index (χ0v) is 11.7. The predicted octanol–water partition coefficient (Wildman–Crippen LogP) is 2.22. The molecule has 0 saturated carbocycles. The van der Waals surface area contributed by atoms with Gasteiger partial charge in [-0.3, -0.25) is 0 Å². The number of benzene rings is 1. The first kappa shape index (κ1) is 14.3. The van der Waals surface area contributed by atoms with Crippen molar-refractivity contribution in [3.63, 3.8) is 0 Å². The summed E-state index contributed by atoms with van der Waals surface area (Å²) in [4.78, 5) is 2.43. The first-order valence-corrected chi connectivity index (χ1v) is 7.11. The molecule has 1 aromatic carbocycles. The van der Waals surface area contributed by atoms with Gasteiger partial charge in [-0.05, 0) is 62.5 Å². The number of piperidine rings is 1. The second-order valence-corrected chi connectivity index (χ2v) is 5.42. The molecule has 106 valence electrons. The number of hydrogen-bond donors (Lipinski definition) is 2. The van der Waals surface area contributed by atoms with Crippen molar-refractivity contribution in [3.05, 3.63) is 29.6 Å². The maximum absolute atomic E-state index is 13.2. The predicted molar refractivity (Wildman–Crippen MR) is 77.8 cm³/mol. The molecule has 0 aliphatic carbocycles. The Kier molecular flexibility index (Phi) is 5.16. The van der Waals surface area contributed by atoms with Crippen LogP contribution in [-0.4, -0.2) is 37.6 Å². The third-order valence-electron chi connectivity index (χ3n) is 3.91. The van der Waals surface area contributed by atoms with Crippen LogP contribution < -0.4 is 11.1 Å². The first-order chi connectivity index (χ1) is 9.19. The van der Waals surface area contributed by atoms with Gasteiger partial charge in [0.25, 0.3) is 0 Å². The second-order valence-electron chi connectivity index (χ2n) is 5.42. The van der Waals surface area contributed by atoms with E-state index in [2.05, 4.69) is 10.2 Å². The smallest absolute Gasteiger partial charge is 0.126 e. The van der Waals surface area contributed by atoms with E-state index in [1.165, 1.54) is 18.9 Å². The Morgan fingerprint density at radius 2 is 2.11 bits per heavy atom. The molecule has 0 unspecified atom stereocenters. The molecule has 0 spiro atoms. The Labute approximate surface area is 115 Å². The number of aryl methyl sites for hydroxylation is 1. The lowest BCUT2D eigenvalue weighted by molar-refractivity contribution is 0.194. The first-order valence-electron chi connectivity index (χ1n) is 7.11. The van der Waals surface area contributed by atoms with E-state index >= 15 is 0 Å². The number of hydrogen-bond acceptors (Lipinski definition) is 3. The molecule has 1 heterocycles. The van der Waals surface area contributed by atoms with Gasteiger partial charge < -0.3 is 16.0 Å². The van der Waals surface area contributed by atoms with Crippen LogP contribution in [-0.2, 0) is 0 Å². The van der Waals surface area contributed by atoms with Crippen molar-refractivity contribution < 1.29 is 4.39 Å². The van der Waals surface area contributed by atoms with Gasteiger partial charge in [0.05, 0.1) is 0 Å². The highest BCUT2D eigenvalue weighted by atomic mass is 19.1. The average Bonchev–Trinajstić information content (AvgIpc) is 2.42. The molecule has 1 fully saturated rings. The lowest BCUT2D eigenvalue weighted by Gasteiger charge is -2.31. The molecule has 0 bridgehead atoms. The Morgan fingerprint density at radius 3 is 2.74 bits per heavy atom. The van der Waals surface area contributed by atoms with Crippen LogP contribution in [0.5, 0.6) is 0 Å². The van der Waals surface area contributed by atoms with Gasteiger partial charge >= 0.3 is 0 Å². The molecule has 0 amide bonds. The monoisotopic (exact) mass is 265 g/mol. The number of nitrogens with one attached hydrogen (secondary N) is 1. The van der Waals surface area contributed by atoms with Crippen molar-refractivity contribution in [2.45, 2.75) is 19.8 Å². The van der Waals surface area contributed by atoms with E-state index in [4.69, 9.17) is 5.73 Å². The molecule has 1 aliphatic rings. The van der Waals surface area contributed by atoms with Crippen molar-refractivity contribution in [1.29, 1.82) is 0 Å². The van der Waals surface area contributed by atoms with Crippen LogP contribution >= 0.6 is 0 Å². The fourth-order valence-corrected chi connectivity index (χ4v) is 2.61. The molecule has 1 saturated heterocycles. The van der Waals surface area contributed by atoms with Crippen LogP contribution in [0.4, 0.5) is 10.1 Å². The zero-order valence-electron chi connectivity index (χ0n) is 11.7. The summed E-state index contributed by atoms with van der Waals surface area (Å²) in [6.45, 7) is 6.82. The van der Waals surface area contributed by atoms with Crippen molar-refractivity contribution in [1.82, 2.24) is 4.90 Å². The Morgan fingerprint density at radius 1 is 1.37 bits per heavy atom. The maximum Gasteiger partial charge on any atom is 0.126 e. The van der Waals surface area contributed by atoms with E-state index in [1.807, 2.05) is 12.1 Å². The summed E-state index contributed by atoms with van der Waals surface area (Å²) < 4.78 is 13.2. The minimum Gasteiger partial charge on any atom is -0.385 e. The number of rotatable bonds is 5. The van der Waals surface area contributed by atoms with Gasteiger partial charge in [0, 0.05) is 25.3 Å². The third kappa shape index (κ3) is 4.18. The second kappa shape index (κ2) is 6.87. The summed E-state index contributed by atoms with van der Waals surface area (Å²) >= 11 is 0. The summed E-state index contributed by atoms with van der Waals surface area (Å²) in [5, 5.41) is 3.42. The quantitative estimate of drug-likeness (QED) is 0.857. The van der Waals surface area contributed by atoms with Crippen LogP contribution in [0.1, 0.15) is 18.4 Å². The standard InChI is InChI=1S/C15H24FN3/c1-12-10-14(2-3-15(12)16)18-11-13-4-7-19(8-5-13)9-6-17/h2-3,10,13,18H,4-9,11,17H2,1H3. The number of likely N-dealkylation sites (tertiary alicyclic amines) is 1. The molecule has 3 nitrogen and oxygen atoms in total. The molecular weight excluding hydrogens is 241 g/mol. The normalized spacial score (nSPS) is 17.6. The van der Waals surface area contributed by atoms with Crippen molar-refractivity contribution >= 4 is 5.69 Å². The highest BCUT2D eigenvalue weighted by molar-refractivity contribution is 5.45. The Bertz CT molecular complexity index is 400. The summed E-state index contributed by atoms with van der Waals surface area (Å²) in [5.74, 6) is 0.569. The number of nitrogens with zero attached hydrogens (tertiary/aromatic N) is 1. The zero-order chi connectivity index (χ0) is 13.7. The summed E-state index contributed by atoms with van der Waals surface area (Å²) in [6, 6.07) is 5.21. The van der Waals surface area contributed by atoms with Gasteiger partial charge in [0.1, 0.15) is 5.82 Å². The molecule has 0 atom stereocenters. The van der Waals surface area contributed by atoms with E-state index in [0.717, 1.165) is 38.4 Å². The van der Waals surface area contributed by atoms with E-state index < -0.39 is 0 Å². The van der Waals surface area contributed by atoms with E-state index in [-0.39, 0.29) is 5.82 Å². The Hall–Kier alpha value is -1.13. The van der Waals surface area contributed by atoms with Crippen LogP contribution in [0, 0.1) is 18.7 Å². The summed E-state index contributed by atoms with van der Waals surface area (Å²) in [6.07, 6.45) is 2.43. The average molecular weight is 265 g/mol. The van der Waals surface area contributed by atoms with Gasteiger partial charge in [-0.2, -0.15) is 0 Å². The molecule has 1 aliphatic heterocycles. The lowest BCUT2D eigenvalue weighted by Crippen LogP contribution is -2.38. The van der Waals surface area contributed by atoms with E-state index in [1.54, 1.807) is 6.92 Å². The minimum atomic E-state index is -0.138. The molecule has 19 heavy (non-hydrogen) atoms. The van der Waals surface area contributed by atoms with Crippen molar-refractivity contribution in [2.24, 2.45) is 11.7 Å². The fraction of sp³-hybridized carbons (Fsp3) is 0.600. The lowest BCUT2D eigenvalue weighted by atomic mass is 9.96. The summed E-state index contributed by atoms with van der Waals surface area (Å²) in [7, 11) is 0. The van der Waals surface area contributed by atoms with Crippen molar-refractivity contribution in [2.75, 3.05) is 38.0 Å². The topological polar surface area (TPSA) is 41.3 Å². The molecule has 0 aromatic heterocycles. The van der Waals surface area contributed by atoms with Crippen LogP contribution in [0.2, 0.25) is 0 Å². The highest BCUT2D eigenvalue weighted by Crippen LogP contribution is 2.19. The van der Waals surface area contributed by atoms with E-state index in [0.29, 0.717) is 11.5 Å². The largest absolute Gasteiger partial charge is 0.385 e. The number of anilines is 1. The van der Waals surface area contributed by atoms with Crippen LogP contribution in [0.15, 0.2) is 18.2 Å². The molecule has 0 radical (unpaired) electrons. The van der Waals surface area contributed by atoms with Gasteiger partial charge in [0.2, 0.25) is 0 Å². The SMILES string of the molecule is Cc1cc(NCC2CCN(CCN)CC2)ccc1F. The van der Waals surface area contributed by atoms with Gasteiger partial charge in [-0.1, -0.05) is 0 Å². The van der Waals surface area contributed by atoms with Gasteiger partial charge in [0.15, 0.2) is 0 Å². The molecule has 1 aromatic rings. The molecule has 3 N–H and O–H groups in total.